The van der Waals surface area contributed by atoms with Gasteiger partial charge in [0.05, 0.1) is 23.6 Å². The number of alkyl halides is 4. The molecule has 28 heavy (non-hydrogen) atoms. The third-order valence-corrected chi connectivity index (χ3v) is 4.93. The van der Waals surface area contributed by atoms with Gasteiger partial charge in [0.15, 0.2) is 0 Å². The minimum atomic E-state index is -4.53. The van der Waals surface area contributed by atoms with Crippen molar-refractivity contribution in [1.82, 2.24) is 24.6 Å². The fraction of sp³-hybridized carbons (Fsp3) is 0.588. The third kappa shape index (κ3) is 4.34. The number of hydrogen-bond acceptors (Lipinski definition) is 6. The molecule has 1 fully saturated rings. The Morgan fingerprint density at radius 3 is 2.54 bits per heavy atom. The lowest BCUT2D eigenvalue weighted by atomic mass is 10.1. The van der Waals surface area contributed by atoms with E-state index in [4.69, 9.17) is 0 Å². The molecule has 3 rings (SSSR count). The summed E-state index contributed by atoms with van der Waals surface area (Å²) in [5, 5.41) is 9.81. The van der Waals surface area contributed by atoms with Gasteiger partial charge in [-0.3, -0.25) is 4.68 Å². The zero-order valence-electron chi connectivity index (χ0n) is 15.7. The maximum atomic E-state index is 13.0. The molecule has 0 spiro atoms. The Hall–Kier alpha value is -2.43. The number of nitrogens with zero attached hydrogens (tertiary/aromatic N) is 5. The molecular weight excluding hydrogens is 378 g/mol. The van der Waals surface area contributed by atoms with Crippen LogP contribution in [0, 0.1) is 6.92 Å². The van der Waals surface area contributed by atoms with Crippen LogP contribution in [0.4, 0.5) is 35.0 Å². The highest BCUT2D eigenvalue weighted by molar-refractivity contribution is 5.58. The number of piperidine rings is 1. The van der Waals surface area contributed by atoms with Crippen LogP contribution in [0.5, 0.6) is 0 Å². The Kier molecular flexibility index (Phi) is 6.01. The van der Waals surface area contributed by atoms with Gasteiger partial charge in [-0.1, -0.05) is 0 Å². The van der Waals surface area contributed by atoms with E-state index in [9.17, 15) is 17.6 Å². The minimum absolute atomic E-state index is 0.0535. The lowest BCUT2D eigenvalue weighted by Gasteiger charge is -2.31. The maximum absolute atomic E-state index is 13.0. The molecule has 3 heterocycles. The molecule has 0 saturated carbocycles. The summed E-state index contributed by atoms with van der Waals surface area (Å²) < 4.78 is 53.3. The molecule has 1 saturated heterocycles. The molecule has 7 nitrogen and oxygen atoms in total. The van der Waals surface area contributed by atoms with Crippen molar-refractivity contribution < 1.29 is 17.6 Å². The van der Waals surface area contributed by atoms with Gasteiger partial charge >= 0.3 is 6.18 Å². The van der Waals surface area contributed by atoms with Crippen molar-refractivity contribution in [3.63, 3.8) is 0 Å². The molecule has 2 aromatic rings. The smallest absolute Gasteiger partial charge is 0.372 e. The summed E-state index contributed by atoms with van der Waals surface area (Å²) in [6, 6.07) is 0.202. The fourth-order valence-electron chi connectivity index (χ4n) is 3.38. The molecule has 11 heteroatoms. The normalized spacial score (nSPS) is 16.4. The monoisotopic (exact) mass is 401 g/mol. The molecule has 154 valence electrons. The van der Waals surface area contributed by atoms with Crippen LogP contribution in [0.15, 0.2) is 12.4 Å². The summed E-state index contributed by atoms with van der Waals surface area (Å²) in [7, 11) is 1.37. The largest absolute Gasteiger partial charge is 0.421 e. The number of nitrogens with one attached hydrogen (secondary N) is 2. The first-order valence-corrected chi connectivity index (χ1v) is 9.05. The van der Waals surface area contributed by atoms with Gasteiger partial charge in [0.25, 0.3) is 0 Å². The van der Waals surface area contributed by atoms with E-state index < -0.39 is 11.7 Å². The Morgan fingerprint density at radius 1 is 1.21 bits per heavy atom. The standard InChI is InChI=1S/C17H23F4N7/c1-11-14(10-24-28(11)12-3-6-27(7-4-12)8-5-18)25-16-23-9-13(17(19,20)21)15(22-2)26-16/h9-10,12H,3-8H2,1-2H3,(H2,22,23,25,26). The minimum Gasteiger partial charge on any atom is -0.372 e. The zero-order chi connectivity index (χ0) is 20.3. The third-order valence-electron chi connectivity index (χ3n) is 4.93. The van der Waals surface area contributed by atoms with Gasteiger partial charge in [-0.2, -0.15) is 23.3 Å². The lowest BCUT2D eigenvalue weighted by Crippen LogP contribution is -2.36. The fourth-order valence-corrected chi connectivity index (χ4v) is 3.38. The number of hydrogen-bond donors (Lipinski definition) is 2. The number of anilines is 3. The molecule has 1 aliphatic rings. The highest BCUT2D eigenvalue weighted by Gasteiger charge is 2.35. The Labute approximate surface area is 160 Å². The quantitative estimate of drug-likeness (QED) is 0.723. The summed E-state index contributed by atoms with van der Waals surface area (Å²) in [6.07, 6.45) is -0.440. The highest BCUT2D eigenvalue weighted by atomic mass is 19.4. The summed E-state index contributed by atoms with van der Waals surface area (Å²) in [4.78, 5) is 9.78. The van der Waals surface area contributed by atoms with E-state index in [1.165, 1.54) is 7.05 Å². The van der Waals surface area contributed by atoms with Crippen molar-refractivity contribution in [2.75, 3.05) is 44.0 Å². The number of rotatable bonds is 6. The summed E-state index contributed by atoms with van der Waals surface area (Å²) >= 11 is 0. The van der Waals surface area contributed by atoms with E-state index in [-0.39, 0.29) is 24.5 Å². The Bertz CT molecular complexity index is 797. The Morgan fingerprint density at radius 2 is 1.93 bits per heavy atom. The van der Waals surface area contributed by atoms with Crippen molar-refractivity contribution >= 4 is 17.5 Å². The van der Waals surface area contributed by atoms with Crippen LogP contribution in [0.2, 0.25) is 0 Å². The first-order valence-electron chi connectivity index (χ1n) is 9.05. The summed E-state index contributed by atoms with van der Waals surface area (Å²) in [6.45, 7) is 3.61. The van der Waals surface area contributed by atoms with E-state index in [0.29, 0.717) is 12.2 Å². The second-order valence-corrected chi connectivity index (χ2v) is 6.68. The van der Waals surface area contributed by atoms with Crippen molar-refractivity contribution in [2.24, 2.45) is 0 Å². The van der Waals surface area contributed by atoms with Crippen molar-refractivity contribution in [3.8, 4) is 0 Å². The van der Waals surface area contributed by atoms with Crippen LogP contribution in [-0.4, -0.2) is 58.0 Å². The lowest BCUT2D eigenvalue weighted by molar-refractivity contribution is -0.137. The van der Waals surface area contributed by atoms with E-state index in [0.717, 1.165) is 37.8 Å². The average Bonchev–Trinajstić information content (AvgIpc) is 3.02. The molecule has 0 aromatic carbocycles. The average molecular weight is 401 g/mol. The van der Waals surface area contributed by atoms with Crippen LogP contribution in [-0.2, 0) is 6.18 Å². The molecule has 1 aliphatic heterocycles. The van der Waals surface area contributed by atoms with Crippen LogP contribution in [0.1, 0.15) is 30.1 Å². The summed E-state index contributed by atoms with van der Waals surface area (Å²) in [5.41, 5.74) is 0.555. The first kappa shape index (κ1) is 20.3. The zero-order valence-corrected chi connectivity index (χ0v) is 15.7. The van der Waals surface area contributed by atoms with Crippen LogP contribution >= 0.6 is 0 Å². The molecule has 0 atom stereocenters. The first-order chi connectivity index (χ1) is 13.3. The molecule has 2 aromatic heterocycles. The van der Waals surface area contributed by atoms with Gasteiger partial charge in [0.2, 0.25) is 5.95 Å². The summed E-state index contributed by atoms with van der Waals surface area (Å²) in [5.74, 6) is -0.243. The van der Waals surface area contributed by atoms with Crippen molar-refractivity contribution in [1.29, 1.82) is 0 Å². The second kappa shape index (κ2) is 8.29. The maximum Gasteiger partial charge on any atom is 0.421 e. The van der Waals surface area contributed by atoms with Gasteiger partial charge in [-0.05, 0) is 19.8 Å². The van der Waals surface area contributed by atoms with Gasteiger partial charge in [0.1, 0.15) is 18.1 Å². The van der Waals surface area contributed by atoms with E-state index in [1.807, 2.05) is 11.6 Å². The van der Waals surface area contributed by atoms with E-state index in [1.54, 1.807) is 6.20 Å². The molecule has 0 unspecified atom stereocenters. The predicted molar refractivity (Wildman–Crippen MR) is 97.5 cm³/mol. The van der Waals surface area contributed by atoms with Crippen LogP contribution in [0.25, 0.3) is 0 Å². The Balaban J connectivity index is 1.73. The van der Waals surface area contributed by atoms with Crippen molar-refractivity contribution in [3.05, 3.63) is 23.7 Å². The molecule has 0 radical (unpaired) electrons. The van der Waals surface area contributed by atoms with Crippen molar-refractivity contribution in [2.45, 2.75) is 32.0 Å². The highest BCUT2D eigenvalue weighted by Crippen LogP contribution is 2.34. The predicted octanol–water partition coefficient (Wildman–Crippen LogP) is 3.39. The number of halogens is 4. The van der Waals surface area contributed by atoms with E-state index >= 15 is 0 Å². The second-order valence-electron chi connectivity index (χ2n) is 6.68. The molecule has 2 N–H and O–H groups in total. The number of likely N-dealkylation sites (tertiary alicyclic amines) is 1. The number of aromatic nitrogens is 4. The van der Waals surface area contributed by atoms with Gasteiger partial charge in [-0.25, -0.2) is 9.37 Å². The molecule has 0 aliphatic carbocycles. The van der Waals surface area contributed by atoms with Crippen LogP contribution < -0.4 is 10.6 Å². The SMILES string of the molecule is CNc1nc(Nc2cnn(C3CCN(CCF)CC3)c2C)ncc1C(F)(F)F. The van der Waals surface area contributed by atoms with Gasteiger partial charge in [0, 0.05) is 32.9 Å². The molecule has 0 bridgehead atoms. The van der Waals surface area contributed by atoms with E-state index in [2.05, 4.69) is 30.6 Å². The van der Waals surface area contributed by atoms with Gasteiger partial charge < -0.3 is 15.5 Å². The molecular formula is C17H23F4N7. The van der Waals surface area contributed by atoms with Crippen LogP contribution in [0.3, 0.4) is 0 Å². The van der Waals surface area contributed by atoms with Gasteiger partial charge in [-0.15, -0.1) is 0 Å². The topological polar surface area (TPSA) is 70.9 Å². The molecule has 0 amide bonds.